The van der Waals surface area contributed by atoms with E-state index in [4.69, 9.17) is 0 Å². The Bertz CT molecular complexity index is 162. The van der Waals surface area contributed by atoms with Crippen molar-refractivity contribution in [3.8, 4) is 0 Å². The summed E-state index contributed by atoms with van der Waals surface area (Å²) in [6, 6.07) is 0. The average molecular weight is 183 g/mol. The molecule has 0 fully saturated rings. The molecule has 0 rings (SSSR count). The Labute approximate surface area is 81.3 Å². The second-order valence-corrected chi connectivity index (χ2v) is 2.79. The summed E-state index contributed by atoms with van der Waals surface area (Å²) in [7, 11) is 1.79. The molecule has 13 heavy (non-hydrogen) atoms. The summed E-state index contributed by atoms with van der Waals surface area (Å²) < 4.78 is 0. The van der Waals surface area contributed by atoms with Crippen LogP contribution in [0.5, 0.6) is 0 Å². The predicted octanol–water partition coefficient (Wildman–Crippen LogP) is 1.18. The second kappa shape index (κ2) is 9.26. The lowest BCUT2D eigenvalue weighted by molar-refractivity contribution is 0.660. The van der Waals surface area contributed by atoms with Gasteiger partial charge in [0.15, 0.2) is 0 Å². The molecule has 0 aromatic carbocycles. The maximum absolute atomic E-state index is 4.09. The van der Waals surface area contributed by atoms with Crippen LogP contribution in [-0.4, -0.2) is 32.5 Å². The minimum atomic E-state index is 0.928. The van der Waals surface area contributed by atoms with Crippen LogP contribution >= 0.6 is 0 Å². The van der Waals surface area contributed by atoms with Crippen molar-refractivity contribution in [2.24, 2.45) is 4.99 Å². The number of rotatable bonds is 6. The maximum atomic E-state index is 4.09. The van der Waals surface area contributed by atoms with E-state index in [1.165, 1.54) is 6.42 Å². The Morgan fingerprint density at radius 1 is 1.31 bits per heavy atom. The average Bonchev–Trinajstić information content (AvgIpc) is 2.16. The molecule has 2 N–H and O–H groups in total. The standard InChI is InChI=1S/C10H21N3/c1-4-6-10(11-3)13-9-8-12-7-5-2/h4,6,12H,5,7-9H2,1-3H3,(H,11,13). The van der Waals surface area contributed by atoms with E-state index < -0.39 is 0 Å². The fourth-order valence-corrected chi connectivity index (χ4v) is 0.951. The SMILES string of the molecule is CC=CC(=NC)NCCNCCC. The third-order valence-electron chi connectivity index (χ3n) is 1.60. The summed E-state index contributed by atoms with van der Waals surface area (Å²) in [5, 5.41) is 6.54. The van der Waals surface area contributed by atoms with Gasteiger partial charge in [0, 0.05) is 20.1 Å². The van der Waals surface area contributed by atoms with Crippen molar-refractivity contribution in [3.05, 3.63) is 12.2 Å². The predicted molar refractivity (Wildman–Crippen MR) is 59.3 cm³/mol. The minimum Gasteiger partial charge on any atom is -0.369 e. The van der Waals surface area contributed by atoms with Gasteiger partial charge in [0.2, 0.25) is 0 Å². The van der Waals surface area contributed by atoms with E-state index in [2.05, 4.69) is 22.5 Å². The fourth-order valence-electron chi connectivity index (χ4n) is 0.951. The van der Waals surface area contributed by atoms with Crippen LogP contribution in [0.25, 0.3) is 0 Å². The van der Waals surface area contributed by atoms with Gasteiger partial charge in [0.1, 0.15) is 5.84 Å². The molecule has 0 heterocycles. The molecular formula is C10H21N3. The van der Waals surface area contributed by atoms with Crippen molar-refractivity contribution >= 4 is 5.84 Å². The summed E-state index contributed by atoms with van der Waals surface area (Å²) in [6.07, 6.45) is 5.14. The quantitative estimate of drug-likeness (QED) is 0.368. The van der Waals surface area contributed by atoms with E-state index in [-0.39, 0.29) is 0 Å². The lowest BCUT2D eigenvalue weighted by Gasteiger charge is -2.06. The highest BCUT2D eigenvalue weighted by Crippen LogP contribution is 1.76. The van der Waals surface area contributed by atoms with Gasteiger partial charge in [0.25, 0.3) is 0 Å². The van der Waals surface area contributed by atoms with Crippen molar-refractivity contribution in [2.75, 3.05) is 26.7 Å². The van der Waals surface area contributed by atoms with Crippen LogP contribution in [0, 0.1) is 0 Å². The van der Waals surface area contributed by atoms with Crippen LogP contribution in [0.3, 0.4) is 0 Å². The number of allylic oxidation sites excluding steroid dienone is 1. The topological polar surface area (TPSA) is 36.4 Å². The third kappa shape index (κ3) is 7.53. The highest BCUT2D eigenvalue weighted by atomic mass is 15.0. The van der Waals surface area contributed by atoms with Gasteiger partial charge >= 0.3 is 0 Å². The molecule has 3 nitrogen and oxygen atoms in total. The number of nitrogens with zero attached hydrogens (tertiary/aromatic N) is 1. The molecule has 0 aromatic rings. The lowest BCUT2D eigenvalue weighted by atomic mass is 10.4. The van der Waals surface area contributed by atoms with Gasteiger partial charge in [-0.3, -0.25) is 4.99 Å². The van der Waals surface area contributed by atoms with Crippen LogP contribution in [0.15, 0.2) is 17.1 Å². The van der Waals surface area contributed by atoms with Crippen molar-refractivity contribution in [1.82, 2.24) is 10.6 Å². The molecule has 3 heteroatoms. The number of hydrogen-bond donors (Lipinski definition) is 2. The Hall–Kier alpha value is -0.830. The van der Waals surface area contributed by atoms with Crippen molar-refractivity contribution in [3.63, 3.8) is 0 Å². The molecule has 76 valence electrons. The molecule has 0 aliphatic rings. The first-order chi connectivity index (χ1) is 6.35. The van der Waals surface area contributed by atoms with Crippen LogP contribution in [0.2, 0.25) is 0 Å². The lowest BCUT2D eigenvalue weighted by Crippen LogP contribution is -2.31. The zero-order chi connectivity index (χ0) is 9.94. The first-order valence-electron chi connectivity index (χ1n) is 4.89. The van der Waals surface area contributed by atoms with E-state index in [9.17, 15) is 0 Å². The first-order valence-corrected chi connectivity index (χ1v) is 4.89. The molecule has 0 bridgehead atoms. The normalized spacial score (nSPS) is 12.4. The molecule has 0 radical (unpaired) electrons. The number of amidine groups is 1. The third-order valence-corrected chi connectivity index (χ3v) is 1.60. The molecule has 0 atom stereocenters. The molecule has 0 aromatic heterocycles. The van der Waals surface area contributed by atoms with Crippen molar-refractivity contribution in [2.45, 2.75) is 20.3 Å². The summed E-state index contributed by atoms with van der Waals surface area (Å²) in [6.45, 7) is 7.16. The van der Waals surface area contributed by atoms with E-state index in [0.717, 1.165) is 25.5 Å². The van der Waals surface area contributed by atoms with Crippen LogP contribution < -0.4 is 10.6 Å². The highest BCUT2D eigenvalue weighted by Gasteiger charge is 1.89. The van der Waals surface area contributed by atoms with Gasteiger partial charge in [-0.25, -0.2) is 0 Å². The van der Waals surface area contributed by atoms with Gasteiger partial charge in [-0.05, 0) is 26.0 Å². The molecule has 0 saturated carbocycles. The molecule has 0 saturated heterocycles. The Balaban J connectivity index is 3.40. The fraction of sp³-hybridized carbons (Fsp3) is 0.700. The highest BCUT2D eigenvalue weighted by molar-refractivity contribution is 5.92. The monoisotopic (exact) mass is 183 g/mol. The van der Waals surface area contributed by atoms with E-state index >= 15 is 0 Å². The van der Waals surface area contributed by atoms with Gasteiger partial charge in [-0.1, -0.05) is 13.0 Å². The molecule has 0 aliphatic heterocycles. The largest absolute Gasteiger partial charge is 0.369 e. The van der Waals surface area contributed by atoms with Gasteiger partial charge in [0.05, 0.1) is 0 Å². The smallest absolute Gasteiger partial charge is 0.120 e. The van der Waals surface area contributed by atoms with Gasteiger partial charge < -0.3 is 10.6 Å². The number of nitrogens with one attached hydrogen (secondary N) is 2. The molecule has 0 spiro atoms. The molecular weight excluding hydrogens is 162 g/mol. The van der Waals surface area contributed by atoms with E-state index in [0.29, 0.717) is 0 Å². The van der Waals surface area contributed by atoms with Gasteiger partial charge in [-0.2, -0.15) is 0 Å². The zero-order valence-electron chi connectivity index (χ0n) is 8.93. The van der Waals surface area contributed by atoms with E-state index in [1.807, 2.05) is 19.1 Å². The van der Waals surface area contributed by atoms with Crippen molar-refractivity contribution < 1.29 is 0 Å². The second-order valence-electron chi connectivity index (χ2n) is 2.79. The summed E-state index contributed by atoms with van der Waals surface area (Å²) >= 11 is 0. The Kier molecular flexibility index (Phi) is 8.67. The van der Waals surface area contributed by atoms with Crippen molar-refractivity contribution in [1.29, 1.82) is 0 Å². The minimum absolute atomic E-state index is 0.928. The maximum Gasteiger partial charge on any atom is 0.120 e. The van der Waals surface area contributed by atoms with E-state index in [1.54, 1.807) is 7.05 Å². The first kappa shape index (κ1) is 12.2. The van der Waals surface area contributed by atoms with Gasteiger partial charge in [-0.15, -0.1) is 0 Å². The Morgan fingerprint density at radius 2 is 2.08 bits per heavy atom. The summed E-state index contributed by atoms with van der Waals surface area (Å²) in [4.78, 5) is 4.09. The van der Waals surface area contributed by atoms with Crippen LogP contribution in [-0.2, 0) is 0 Å². The molecule has 0 amide bonds. The molecule has 0 unspecified atom stereocenters. The zero-order valence-corrected chi connectivity index (χ0v) is 8.93. The summed E-state index contributed by atoms with van der Waals surface area (Å²) in [5.41, 5.74) is 0. The molecule has 0 aliphatic carbocycles. The number of hydrogen-bond acceptors (Lipinski definition) is 2. The van der Waals surface area contributed by atoms with Crippen LogP contribution in [0.1, 0.15) is 20.3 Å². The Morgan fingerprint density at radius 3 is 2.62 bits per heavy atom. The number of aliphatic imine (C=N–C) groups is 1. The summed E-state index contributed by atoms with van der Waals surface area (Å²) in [5.74, 6) is 0.945. The van der Waals surface area contributed by atoms with Crippen LogP contribution in [0.4, 0.5) is 0 Å².